The van der Waals surface area contributed by atoms with Crippen LogP contribution in [0.4, 0.5) is 15.9 Å². The molecule has 0 spiro atoms. The van der Waals surface area contributed by atoms with E-state index in [1.807, 2.05) is 58.9 Å². The maximum atomic E-state index is 15.5. The molecule has 5 aromatic rings. The number of carboxylic acids is 1. The van der Waals surface area contributed by atoms with Crippen LogP contribution < -0.4 is 10.1 Å². The fraction of sp³-hybridized carbons (Fsp3) is 0.219. The predicted octanol–water partition coefficient (Wildman–Crippen LogP) is 6.09. The number of imidazole rings is 1. The Kier molecular flexibility index (Phi) is 6.88. The minimum Gasteiger partial charge on any atom is -0.496 e. The topological polar surface area (TPSA) is 92.0 Å². The van der Waals surface area contributed by atoms with Crippen molar-refractivity contribution < 1.29 is 19.0 Å². The Hall–Kier alpha value is -4.76. The summed E-state index contributed by atoms with van der Waals surface area (Å²) in [6.45, 7) is 5.22. The molecular formula is C32H30FN5O3. The van der Waals surface area contributed by atoms with E-state index in [1.165, 1.54) is 7.11 Å². The van der Waals surface area contributed by atoms with E-state index in [-0.39, 0.29) is 5.82 Å². The average molecular weight is 552 g/mol. The van der Waals surface area contributed by atoms with Crippen molar-refractivity contribution in [1.29, 1.82) is 0 Å². The van der Waals surface area contributed by atoms with Crippen molar-refractivity contribution in [2.24, 2.45) is 5.92 Å². The molecule has 0 aliphatic carbocycles. The van der Waals surface area contributed by atoms with Gasteiger partial charge in [0.25, 0.3) is 0 Å². The number of hydrogen-bond donors (Lipinski definition) is 2. The Labute approximate surface area is 237 Å². The van der Waals surface area contributed by atoms with Crippen molar-refractivity contribution in [3.05, 3.63) is 95.8 Å². The lowest BCUT2D eigenvalue weighted by Crippen LogP contribution is -2.49. The molecule has 8 nitrogen and oxygen atoms in total. The molecule has 208 valence electrons. The van der Waals surface area contributed by atoms with Crippen LogP contribution in [0.25, 0.3) is 27.9 Å². The standard InChI is InChI=1S/C32H30FN5O3/c1-19-23(21-14-27(33)26(29(15-21)41-3)18-37-16-22(17-37)32(39)40)6-4-7-24(19)25-8-5-9-28(20(25)2)36-30-31-35-11-13-38(31)12-10-34-30/h4-15,22H,16-18H2,1-3H3,(H,34,36)(H,39,40). The first-order valence-corrected chi connectivity index (χ1v) is 13.4. The number of likely N-dealkylation sites (tertiary alicyclic amines) is 1. The first-order valence-electron chi connectivity index (χ1n) is 13.4. The van der Waals surface area contributed by atoms with Crippen molar-refractivity contribution in [2.45, 2.75) is 20.4 Å². The number of methoxy groups -OCH3 is 1. The first-order chi connectivity index (χ1) is 19.8. The zero-order valence-corrected chi connectivity index (χ0v) is 23.1. The maximum absolute atomic E-state index is 15.5. The summed E-state index contributed by atoms with van der Waals surface area (Å²) in [5.41, 5.74) is 7.89. The van der Waals surface area contributed by atoms with Gasteiger partial charge in [-0.05, 0) is 65.4 Å². The molecule has 41 heavy (non-hydrogen) atoms. The van der Waals surface area contributed by atoms with Crippen molar-refractivity contribution in [2.75, 3.05) is 25.5 Å². The van der Waals surface area contributed by atoms with E-state index in [0.29, 0.717) is 36.8 Å². The highest BCUT2D eigenvalue weighted by Crippen LogP contribution is 2.38. The summed E-state index contributed by atoms with van der Waals surface area (Å²) in [6.07, 6.45) is 7.21. The molecule has 1 fully saturated rings. The van der Waals surface area contributed by atoms with Gasteiger partial charge in [-0.2, -0.15) is 0 Å². The summed E-state index contributed by atoms with van der Waals surface area (Å²) >= 11 is 0. The minimum atomic E-state index is -0.817. The Morgan fingerprint density at radius 2 is 1.71 bits per heavy atom. The summed E-state index contributed by atoms with van der Waals surface area (Å²) < 4.78 is 23.0. The van der Waals surface area contributed by atoms with E-state index in [9.17, 15) is 4.79 Å². The highest BCUT2D eigenvalue weighted by atomic mass is 19.1. The minimum absolute atomic E-state index is 0.304. The second kappa shape index (κ2) is 10.7. The van der Waals surface area contributed by atoms with Gasteiger partial charge in [0, 0.05) is 55.7 Å². The largest absolute Gasteiger partial charge is 0.496 e. The van der Waals surface area contributed by atoms with Crippen LogP contribution in [0.3, 0.4) is 0 Å². The molecule has 9 heteroatoms. The van der Waals surface area contributed by atoms with Crippen LogP contribution in [0, 0.1) is 25.6 Å². The van der Waals surface area contributed by atoms with Gasteiger partial charge >= 0.3 is 5.97 Å². The van der Waals surface area contributed by atoms with Crippen LogP contribution in [0.1, 0.15) is 16.7 Å². The lowest BCUT2D eigenvalue weighted by Gasteiger charge is -2.36. The summed E-state index contributed by atoms with van der Waals surface area (Å²) in [5, 5.41) is 12.6. The number of fused-ring (bicyclic) bond motifs is 1. The normalized spacial score (nSPS) is 13.8. The number of aliphatic carboxylic acids is 1. The van der Waals surface area contributed by atoms with E-state index in [2.05, 4.69) is 34.3 Å². The van der Waals surface area contributed by atoms with Crippen molar-refractivity contribution >= 4 is 23.1 Å². The molecule has 2 N–H and O–H groups in total. The van der Waals surface area contributed by atoms with Gasteiger partial charge in [-0.25, -0.2) is 14.4 Å². The third kappa shape index (κ3) is 4.89. The molecule has 1 aliphatic rings. The fourth-order valence-electron chi connectivity index (χ4n) is 5.55. The summed E-state index contributed by atoms with van der Waals surface area (Å²) in [5.74, 6) is -0.468. The summed E-state index contributed by atoms with van der Waals surface area (Å²) in [7, 11) is 1.53. The van der Waals surface area contributed by atoms with Crippen molar-refractivity contribution in [1.82, 2.24) is 19.3 Å². The Morgan fingerprint density at radius 1 is 1.02 bits per heavy atom. The number of anilines is 2. The molecule has 3 heterocycles. The fourth-order valence-corrected chi connectivity index (χ4v) is 5.55. The second-order valence-corrected chi connectivity index (χ2v) is 10.4. The number of halogens is 1. The molecular weight excluding hydrogens is 521 g/mol. The predicted molar refractivity (Wildman–Crippen MR) is 156 cm³/mol. The van der Waals surface area contributed by atoms with Crippen LogP contribution in [0.5, 0.6) is 5.75 Å². The summed E-state index contributed by atoms with van der Waals surface area (Å²) in [4.78, 5) is 22.0. The zero-order chi connectivity index (χ0) is 28.7. The van der Waals surface area contributed by atoms with Crippen LogP contribution in [-0.2, 0) is 11.3 Å². The lowest BCUT2D eigenvalue weighted by atomic mass is 9.90. The monoisotopic (exact) mass is 551 g/mol. The lowest BCUT2D eigenvalue weighted by molar-refractivity contribution is -0.147. The summed E-state index contributed by atoms with van der Waals surface area (Å²) in [6, 6.07) is 15.5. The molecule has 6 rings (SSSR count). The molecule has 3 aromatic carbocycles. The maximum Gasteiger partial charge on any atom is 0.309 e. The molecule has 1 aliphatic heterocycles. The smallest absolute Gasteiger partial charge is 0.309 e. The van der Waals surface area contributed by atoms with Crippen molar-refractivity contribution in [3.63, 3.8) is 0 Å². The number of carboxylic acid groups (broad SMARTS) is 1. The Bertz CT molecular complexity index is 1780. The van der Waals surface area contributed by atoms with Crippen molar-refractivity contribution in [3.8, 4) is 28.0 Å². The average Bonchev–Trinajstić information content (AvgIpc) is 3.42. The van der Waals surface area contributed by atoms with Crippen LogP contribution in [0.15, 0.2) is 73.3 Å². The van der Waals surface area contributed by atoms with Crippen LogP contribution in [-0.4, -0.2) is 50.5 Å². The third-order valence-corrected chi connectivity index (χ3v) is 7.90. The SMILES string of the molecule is COc1cc(-c2cccc(-c3cccc(Nc4nccn5ccnc45)c3C)c2C)cc(F)c1CN1CC(C(=O)O)C1. The van der Waals surface area contributed by atoms with E-state index in [0.717, 1.165) is 44.7 Å². The van der Waals surface area contributed by atoms with Crippen LogP contribution >= 0.6 is 0 Å². The molecule has 0 unspecified atom stereocenters. The first kappa shape index (κ1) is 26.5. The van der Waals surface area contributed by atoms with E-state index >= 15 is 4.39 Å². The molecule has 0 radical (unpaired) electrons. The molecule has 2 aromatic heterocycles. The van der Waals surface area contributed by atoms with Gasteiger partial charge in [-0.15, -0.1) is 0 Å². The molecule has 0 saturated carbocycles. The van der Waals surface area contributed by atoms with Gasteiger partial charge in [0.2, 0.25) is 0 Å². The van der Waals surface area contributed by atoms with Gasteiger partial charge in [0.05, 0.1) is 13.0 Å². The van der Waals surface area contributed by atoms with Gasteiger partial charge in [-0.3, -0.25) is 9.69 Å². The Balaban J connectivity index is 1.32. The highest BCUT2D eigenvalue weighted by molar-refractivity contribution is 5.84. The van der Waals surface area contributed by atoms with E-state index in [4.69, 9.17) is 9.84 Å². The zero-order valence-electron chi connectivity index (χ0n) is 23.1. The number of benzene rings is 3. The number of hydrogen-bond acceptors (Lipinski definition) is 6. The Morgan fingerprint density at radius 3 is 2.44 bits per heavy atom. The van der Waals surface area contributed by atoms with Gasteiger partial charge in [-0.1, -0.05) is 30.3 Å². The number of ether oxygens (including phenoxy) is 1. The molecule has 0 bridgehead atoms. The molecule has 0 amide bonds. The van der Waals surface area contributed by atoms with Gasteiger partial charge in [0.1, 0.15) is 11.6 Å². The number of rotatable bonds is 8. The second-order valence-electron chi connectivity index (χ2n) is 10.4. The quantitative estimate of drug-likeness (QED) is 0.241. The molecule has 0 atom stereocenters. The third-order valence-electron chi connectivity index (χ3n) is 7.90. The number of nitrogens with one attached hydrogen (secondary N) is 1. The van der Waals surface area contributed by atoms with E-state index in [1.54, 1.807) is 18.5 Å². The van der Waals surface area contributed by atoms with Gasteiger partial charge in [0.15, 0.2) is 11.5 Å². The van der Waals surface area contributed by atoms with Gasteiger partial charge < -0.3 is 19.6 Å². The number of aromatic nitrogens is 3. The molecule has 1 saturated heterocycles. The highest BCUT2D eigenvalue weighted by Gasteiger charge is 2.33. The van der Waals surface area contributed by atoms with Crippen LogP contribution in [0.2, 0.25) is 0 Å². The number of nitrogens with zero attached hydrogens (tertiary/aromatic N) is 4. The van der Waals surface area contributed by atoms with E-state index < -0.39 is 11.9 Å². The number of carbonyl (C=O) groups is 1.